The number of aromatic amines is 2. The number of esters is 2. The third kappa shape index (κ3) is 9.50. The van der Waals surface area contributed by atoms with Crippen molar-refractivity contribution in [3.05, 3.63) is 168 Å². The second kappa shape index (κ2) is 19.6. The first kappa shape index (κ1) is 42.4. The number of ether oxygens (including phenoxy) is 2. The molecular formula is C52H46N2O8. The van der Waals surface area contributed by atoms with Crippen LogP contribution in [0.15, 0.2) is 146 Å². The number of nitrogens with one attached hydrogen (secondary N) is 2. The fourth-order valence-corrected chi connectivity index (χ4v) is 7.84. The van der Waals surface area contributed by atoms with Gasteiger partial charge in [-0.3, -0.25) is 9.59 Å². The highest BCUT2D eigenvalue weighted by Gasteiger charge is 2.24. The fourth-order valence-electron chi connectivity index (χ4n) is 7.84. The molecule has 10 nitrogen and oxygen atoms in total. The van der Waals surface area contributed by atoms with Gasteiger partial charge >= 0.3 is 23.9 Å². The number of benzene rings is 6. The van der Waals surface area contributed by atoms with E-state index in [1.54, 1.807) is 13.8 Å². The number of aromatic carboxylic acids is 1. The highest BCUT2D eigenvalue weighted by atomic mass is 16.5. The first-order chi connectivity index (χ1) is 30.2. The minimum absolute atomic E-state index is 0.0450. The van der Waals surface area contributed by atoms with Crippen LogP contribution in [0.3, 0.4) is 0 Å². The average molecular weight is 827 g/mol. The molecule has 0 fully saturated rings. The zero-order chi connectivity index (χ0) is 43.6. The number of aryl methyl sites for hydroxylation is 2. The van der Waals surface area contributed by atoms with Crippen molar-refractivity contribution in [2.24, 2.45) is 0 Å². The van der Waals surface area contributed by atoms with Gasteiger partial charge in [0.1, 0.15) is 11.4 Å². The van der Waals surface area contributed by atoms with Gasteiger partial charge in [0.25, 0.3) is 0 Å². The lowest BCUT2D eigenvalue weighted by atomic mass is 9.92. The van der Waals surface area contributed by atoms with Crippen molar-refractivity contribution in [1.29, 1.82) is 0 Å². The van der Waals surface area contributed by atoms with Crippen LogP contribution in [0, 0.1) is 0 Å². The molecule has 0 atom stereocenters. The maximum atomic E-state index is 12.8. The number of carboxylic acid groups (broad SMARTS) is 2. The summed E-state index contributed by atoms with van der Waals surface area (Å²) in [5, 5.41) is 20.5. The van der Waals surface area contributed by atoms with Gasteiger partial charge in [-0.1, -0.05) is 121 Å². The van der Waals surface area contributed by atoms with E-state index >= 15 is 0 Å². The summed E-state index contributed by atoms with van der Waals surface area (Å²) in [5.41, 5.74) is 11.2. The monoisotopic (exact) mass is 826 g/mol. The number of aromatic nitrogens is 2. The fraction of sp³-hybridized carbons (Fsp3) is 0.154. The quantitative estimate of drug-likeness (QED) is 0.0789. The van der Waals surface area contributed by atoms with E-state index in [-0.39, 0.29) is 37.5 Å². The van der Waals surface area contributed by atoms with Crippen molar-refractivity contribution in [3.63, 3.8) is 0 Å². The zero-order valence-corrected chi connectivity index (χ0v) is 34.4. The Hall–Kier alpha value is -7.72. The number of carboxylic acids is 2. The maximum Gasteiger partial charge on any atom is 0.355 e. The summed E-state index contributed by atoms with van der Waals surface area (Å²) < 4.78 is 10.5. The Labute approximate surface area is 358 Å². The van der Waals surface area contributed by atoms with E-state index in [1.165, 1.54) is 0 Å². The standard InChI is InChI=1S/C28H27NO4.C24H19NO4/c1-3-32-25(30)16-15-22-26-23(20-13-9-6-10-14-20)17-21(19-11-7-5-8-12-19)18-24(26)29-27(22)28(31)33-4-2;26-21(27)12-11-18-22-19(16-9-5-2-6-10-16)13-17(15-7-3-1-4-8-15)14-20(22)25-23(18)24(28)29/h5-14,17-18,29H,3-4,15-16H2,1-2H3;1-10,13-14,25H,11-12H2,(H,26,27)(H,28,29). The molecule has 2 aromatic heterocycles. The minimum Gasteiger partial charge on any atom is -0.481 e. The van der Waals surface area contributed by atoms with Crippen LogP contribution in [0.25, 0.3) is 66.3 Å². The normalized spacial score (nSPS) is 10.9. The molecule has 0 amide bonds. The topological polar surface area (TPSA) is 159 Å². The van der Waals surface area contributed by atoms with Crippen molar-refractivity contribution in [1.82, 2.24) is 9.97 Å². The van der Waals surface area contributed by atoms with Crippen LogP contribution >= 0.6 is 0 Å². The predicted molar refractivity (Wildman–Crippen MR) is 242 cm³/mol. The van der Waals surface area contributed by atoms with Gasteiger partial charge in [0.15, 0.2) is 0 Å². The second-order valence-corrected chi connectivity index (χ2v) is 14.5. The molecule has 0 aliphatic rings. The highest BCUT2D eigenvalue weighted by molar-refractivity contribution is 6.08. The molecule has 62 heavy (non-hydrogen) atoms. The van der Waals surface area contributed by atoms with Gasteiger partial charge in [0.2, 0.25) is 0 Å². The van der Waals surface area contributed by atoms with Crippen molar-refractivity contribution in [2.75, 3.05) is 13.2 Å². The van der Waals surface area contributed by atoms with Gasteiger partial charge in [0, 0.05) is 34.6 Å². The number of H-pyrrole nitrogens is 2. The average Bonchev–Trinajstić information content (AvgIpc) is 3.87. The number of hydrogen-bond acceptors (Lipinski definition) is 6. The molecule has 6 aromatic carbocycles. The number of carbonyl (C=O) groups is 4. The van der Waals surface area contributed by atoms with Gasteiger partial charge < -0.3 is 29.7 Å². The van der Waals surface area contributed by atoms with Crippen LogP contribution in [0.2, 0.25) is 0 Å². The van der Waals surface area contributed by atoms with E-state index in [2.05, 4.69) is 40.3 Å². The lowest BCUT2D eigenvalue weighted by molar-refractivity contribution is -0.143. The molecule has 4 N–H and O–H groups in total. The van der Waals surface area contributed by atoms with Gasteiger partial charge in [0.05, 0.1) is 13.2 Å². The van der Waals surface area contributed by atoms with Gasteiger partial charge in [-0.2, -0.15) is 0 Å². The summed E-state index contributed by atoms with van der Waals surface area (Å²) in [6.07, 6.45) is 0.558. The van der Waals surface area contributed by atoms with E-state index in [4.69, 9.17) is 14.6 Å². The Morgan fingerprint density at radius 3 is 1.31 bits per heavy atom. The van der Waals surface area contributed by atoms with Gasteiger partial charge in [-0.05, 0) is 107 Å². The molecular weight excluding hydrogens is 781 g/mol. The molecule has 8 rings (SSSR count). The van der Waals surface area contributed by atoms with E-state index < -0.39 is 17.9 Å². The van der Waals surface area contributed by atoms with Crippen LogP contribution in [0.5, 0.6) is 0 Å². The predicted octanol–water partition coefficient (Wildman–Crippen LogP) is 11.4. The first-order valence-corrected chi connectivity index (χ1v) is 20.5. The van der Waals surface area contributed by atoms with Crippen molar-refractivity contribution in [3.8, 4) is 44.5 Å². The van der Waals surface area contributed by atoms with Crippen molar-refractivity contribution in [2.45, 2.75) is 39.5 Å². The van der Waals surface area contributed by atoms with Gasteiger partial charge in [-0.25, -0.2) is 9.59 Å². The molecule has 0 bridgehead atoms. The van der Waals surface area contributed by atoms with Crippen LogP contribution in [0.4, 0.5) is 0 Å². The number of carbonyl (C=O) groups excluding carboxylic acids is 2. The van der Waals surface area contributed by atoms with E-state index in [0.29, 0.717) is 29.8 Å². The highest BCUT2D eigenvalue weighted by Crippen LogP contribution is 2.40. The summed E-state index contributed by atoms with van der Waals surface area (Å²) in [7, 11) is 0. The van der Waals surface area contributed by atoms with Crippen LogP contribution in [-0.4, -0.2) is 57.3 Å². The van der Waals surface area contributed by atoms with Crippen LogP contribution in [-0.2, 0) is 31.9 Å². The van der Waals surface area contributed by atoms with E-state index in [1.807, 2.05) is 115 Å². The van der Waals surface area contributed by atoms with E-state index in [9.17, 15) is 24.3 Å². The molecule has 0 spiro atoms. The summed E-state index contributed by atoms with van der Waals surface area (Å²) in [6, 6.07) is 47.9. The van der Waals surface area contributed by atoms with Crippen LogP contribution in [0.1, 0.15) is 58.8 Å². The summed E-state index contributed by atoms with van der Waals surface area (Å²) in [4.78, 5) is 54.3. The van der Waals surface area contributed by atoms with Crippen molar-refractivity contribution >= 4 is 45.7 Å². The Balaban J connectivity index is 0.000000188. The molecule has 0 unspecified atom stereocenters. The Morgan fingerprint density at radius 1 is 0.484 bits per heavy atom. The molecule has 0 aliphatic carbocycles. The molecule has 0 saturated carbocycles. The molecule has 0 aliphatic heterocycles. The first-order valence-electron chi connectivity index (χ1n) is 20.5. The molecule has 10 heteroatoms. The maximum absolute atomic E-state index is 12.8. The summed E-state index contributed by atoms with van der Waals surface area (Å²) in [6.45, 7) is 4.16. The third-order valence-electron chi connectivity index (χ3n) is 10.6. The molecule has 312 valence electrons. The minimum atomic E-state index is -1.10. The second-order valence-electron chi connectivity index (χ2n) is 14.5. The van der Waals surface area contributed by atoms with Gasteiger partial charge in [-0.15, -0.1) is 0 Å². The number of fused-ring (bicyclic) bond motifs is 2. The van der Waals surface area contributed by atoms with Crippen LogP contribution < -0.4 is 0 Å². The zero-order valence-electron chi connectivity index (χ0n) is 34.4. The number of hydrogen-bond donors (Lipinski definition) is 4. The molecule has 0 saturated heterocycles. The summed E-state index contributed by atoms with van der Waals surface area (Å²) >= 11 is 0. The number of rotatable bonds is 14. The lowest BCUT2D eigenvalue weighted by Gasteiger charge is -2.11. The Morgan fingerprint density at radius 2 is 0.887 bits per heavy atom. The largest absolute Gasteiger partial charge is 0.481 e. The SMILES string of the molecule is CCOC(=O)CCc1c(C(=O)OCC)[nH]c2cc(-c3ccccc3)cc(-c3ccccc3)c12.O=C(O)CCc1c(C(=O)O)[nH]c2cc(-c3ccccc3)cc(-c3ccccc3)c12. The third-order valence-corrected chi connectivity index (χ3v) is 10.6. The smallest absolute Gasteiger partial charge is 0.355 e. The number of aliphatic carboxylic acids is 1. The summed E-state index contributed by atoms with van der Waals surface area (Å²) in [5.74, 6) is -2.77. The van der Waals surface area contributed by atoms with E-state index in [0.717, 1.165) is 66.4 Å². The molecule has 0 radical (unpaired) electrons. The lowest BCUT2D eigenvalue weighted by Crippen LogP contribution is -2.10. The molecule has 8 aromatic rings. The molecule has 2 heterocycles. The van der Waals surface area contributed by atoms with Crippen molar-refractivity contribution < 1.29 is 38.9 Å². The Bertz CT molecular complexity index is 2850. The Kier molecular flexibility index (Phi) is 13.4.